The summed E-state index contributed by atoms with van der Waals surface area (Å²) < 4.78 is 205. The minimum Gasteiger partial charge on any atom is -0.310 e. The number of para-hydroxylation sites is 4. The van der Waals surface area contributed by atoms with E-state index in [1.54, 1.807) is 0 Å². The SMILES string of the molecule is [2H]c1c([2H])c([2H])c(N(c2c([2H])c([2H])c([2H])c([2H])c2[2H])c2c([2H])c([2H])c([2H])c(N(c3c([2H])c([2H])c([2H])c([2H])c3[2H])c3c([2H])c([2H])c([2H])c([2H])c3[2H])c2[2H])c([2H])c1[2H]. The Morgan fingerprint density at radius 3 is 0.844 bits per heavy atom. The van der Waals surface area contributed by atoms with Gasteiger partial charge in [0.25, 0.3) is 0 Å². The molecule has 0 amide bonds. The minimum atomic E-state index is -1.28. The number of benzene rings is 5. The average Bonchev–Trinajstić information content (AvgIpc) is 3.16. The molecule has 2 nitrogen and oxygen atoms in total. The fourth-order valence-corrected chi connectivity index (χ4v) is 2.64. The van der Waals surface area contributed by atoms with E-state index in [9.17, 15) is 1.37 Å². The third kappa shape index (κ3) is 4.12. The maximum atomic E-state index is 9.53. The van der Waals surface area contributed by atoms with Gasteiger partial charge in [-0.05, 0) is 66.5 Å². The van der Waals surface area contributed by atoms with Crippen molar-refractivity contribution >= 4 is 34.1 Å². The molecule has 0 N–H and O–H groups in total. The molecule has 154 valence electrons. The van der Waals surface area contributed by atoms with Crippen LogP contribution in [0.5, 0.6) is 0 Å². The Morgan fingerprint density at radius 2 is 0.562 bits per heavy atom. The monoisotopic (exact) mass is 436 g/mol. The Balaban J connectivity index is 2.15. The Hall–Kier alpha value is -4.30. The second kappa shape index (κ2) is 9.23. The number of hydrogen-bond donors (Lipinski definition) is 0. The van der Waals surface area contributed by atoms with E-state index in [1.165, 1.54) is 0 Å². The van der Waals surface area contributed by atoms with Gasteiger partial charge in [0, 0.05) is 34.1 Å². The molecule has 0 saturated heterocycles. The van der Waals surface area contributed by atoms with Gasteiger partial charge < -0.3 is 9.80 Å². The van der Waals surface area contributed by atoms with Crippen molar-refractivity contribution in [2.24, 2.45) is 0 Å². The first-order chi connectivity index (χ1) is 25.9. The molecule has 0 aliphatic heterocycles. The fourth-order valence-electron chi connectivity index (χ4n) is 2.64. The molecule has 5 aromatic carbocycles. The molecule has 5 aromatic rings. The van der Waals surface area contributed by atoms with E-state index in [0.29, 0.717) is 9.80 Å². The normalized spacial score (nSPS) is 21.0. The zero-order valence-electron chi connectivity index (χ0n) is 39.9. The highest BCUT2D eigenvalue weighted by atomic mass is 15.2. The fraction of sp³-hybridized carbons (Fsp3) is 0. The van der Waals surface area contributed by atoms with Crippen LogP contribution in [-0.4, -0.2) is 0 Å². The molecule has 2 heteroatoms. The molecule has 0 heterocycles. The lowest BCUT2D eigenvalue weighted by molar-refractivity contribution is 1.25. The first kappa shape index (κ1) is 6.36. The van der Waals surface area contributed by atoms with Crippen LogP contribution in [0.25, 0.3) is 0 Å². The van der Waals surface area contributed by atoms with E-state index in [4.69, 9.17) is 31.5 Å². The van der Waals surface area contributed by atoms with Gasteiger partial charge in [-0.1, -0.05) is 78.6 Å². The van der Waals surface area contributed by atoms with Gasteiger partial charge in [0.2, 0.25) is 0 Å². The van der Waals surface area contributed by atoms with Crippen LogP contribution >= 0.6 is 0 Å². The van der Waals surface area contributed by atoms with Gasteiger partial charge in [-0.3, -0.25) is 0 Å². The van der Waals surface area contributed by atoms with E-state index in [0.717, 1.165) is 0 Å². The van der Waals surface area contributed by atoms with Gasteiger partial charge in [-0.15, -0.1) is 0 Å². The van der Waals surface area contributed by atoms with Gasteiger partial charge in [0.1, 0.15) is 0 Å². The Morgan fingerprint density at radius 1 is 0.312 bits per heavy atom. The van der Waals surface area contributed by atoms with Crippen molar-refractivity contribution in [3.63, 3.8) is 0 Å². The van der Waals surface area contributed by atoms with E-state index < -0.39 is 179 Å². The average molecular weight is 437 g/mol. The van der Waals surface area contributed by atoms with Gasteiger partial charge in [0.15, 0.2) is 0 Å². The highest BCUT2D eigenvalue weighted by Gasteiger charge is 2.16. The Labute approximate surface area is 223 Å². The number of nitrogens with zero attached hydrogens (tertiary/aromatic N) is 2. The number of anilines is 6. The van der Waals surface area contributed by atoms with Crippen LogP contribution in [0, 0.1) is 0 Å². The second-order valence-corrected chi connectivity index (χ2v) is 5.76. The number of hydrogen-bond acceptors (Lipinski definition) is 2. The molecule has 5 rings (SSSR count). The summed E-state index contributed by atoms with van der Waals surface area (Å²) in [6, 6.07) is -25.7. The molecule has 0 unspecified atom stereocenters. The first-order valence-electron chi connectivity index (χ1n) is 20.8. The van der Waals surface area contributed by atoms with E-state index in [1.807, 2.05) is 0 Å². The lowest BCUT2D eigenvalue weighted by Gasteiger charge is -2.29. The maximum Gasteiger partial charge on any atom is 0.0667 e. The molecule has 0 bridgehead atoms. The van der Waals surface area contributed by atoms with Crippen LogP contribution in [0.4, 0.5) is 34.1 Å². The lowest BCUT2D eigenvalue weighted by Crippen LogP contribution is -2.13. The molecule has 0 aliphatic rings. The molecule has 0 saturated carbocycles. The summed E-state index contributed by atoms with van der Waals surface area (Å²) in [4.78, 5) is 0.683. The Kier molecular flexibility index (Phi) is 1.84. The van der Waals surface area contributed by atoms with Crippen LogP contribution in [0.15, 0.2) is 145 Å². The highest BCUT2D eigenvalue weighted by molar-refractivity contribution is 5.82. The second-order valence-electron chi connectivity index (χ2n) is 5.76. The summed E-state index contributed by atoms with van der Waals surface area (Å²) in [5.74, 6) is 0. The first-order valence-corrected chi connectivity index (χ1v) is 8.84. The smallest absolute Gasteiger partial charge is 0.0667 e. The molecule has 0 aromatic heterocycles. The Bertz CT molecular complexity index is 2130. The highest BCUT2D eigenvalue weighted by Crippen LogP contribution is 2.39. The molecular weight excluding hydrogens is 388 g/mol. The third-order valence-corrected chi connectivity index (χ3v) is 3.89. The van der Waals surface area contributed by atoms with E-state index >= 15 is 0 Å². The summed E-state index contributed by atoms with van der Waals surface area (Å²) in [7, 11) is 0. The van der Waals surface area contributed by atoms with Gasteiger partial charge in [-0.2, -0.15) is 0 Å². The van der Waals surface area contributed by atoms with E-state index in [2.05, 4.69) is 0 Å². The molecule has 0 fully saturated rings. The molecule has 0 atom stereocenters. The van der Waals surface area contributed by atoms with Crippen molar-refractivity contribution < 1.29 is 32.9 Å². The summed E-state index contributed by atoms with van der Waals surface area (Å²) in [5.41, 5.74) is -6.31. The molecule has 32 heavy (non-hydrogen) atoms. The summed E-state index contributed by atoms with van der Waals surface area (Å²) in [6.45, 7) is 0. The summed E-state index contributed by atoms with van der Waals surface area (Å²) in [5, 5.41) is 0. The predicted octanol–water partition coefficient (Wildman–Crippen LogP) is 8.63. The summed E-state index contributed by atoms with van der Waals surface area (Å²) >= 11 is 0. The third-order valence-electron chi connectivity index (χ3n) is 3.89. The van der Waals surface area contributed by atoms with E-state index in [-0.39, 0.29) is 0 Å². The topological polar surface area (TPSA) is 6.48 Å². The lowest BCUT2D eigenvalue weighted by atomic mass is 10.1. The number of rotatable bonds is 6. The minimum absolute atomic E-state index is 0.341. The largest absolute Gasteiger partial charge is 0.310 e. The van der Waals surface area contributed by atoms with Crippen molar-refractivity contribution in [2.75, 3.05) is 9.80 Å². The van der Waals surface area contributed by atoms with Gasteiger partial charge >= 0.3 is 0 Å². The van der Waals surface area contributed by atoms with Gasteiger partial charge in [-0.25, -0.2) is 0 Å². The van der Waals surface area contributed by atoms with Crippen molar-refractivity contribution in [3.05, 3.63) is 145 Å². The summed E-state index contributed by atoms with van der Waals surface area (Å²) in [6.07, 6.45) is 0. The predicted molar refractivity (Wildman–Crippen MR) is 136 cm³/mol. The van der Waals surface area contributed by atoms with Gasteiger partial charge in [0.05, 0.1) is 32.9 Å². The van der Waals surface area contributed by atoms with Crippen LogP contribution in [0.2, 0.25) is 0 Å². The molecular formula is C30H24N2. The van der Waals surface area contributed by atoms with Crippen LogP contribution in [-0.2, 0) is 0 Å². The molecule has 0 radical (unpaired) electrons. The van der Waals surface area contributed by atoms with Crippen LogP contribution < -0.4 is 9.80 Å². The zero-order chi connectivity index (χ0) is 42.5. The molecule has 0 spiro atoms. The quantitative estimate of drug-likeness (QED) is 0.263. The van der Waals surface area contributed by atoms with Crippen molar-refractivity contribution in [1.29, 1.82) is 0 Å². The van der Waals surface area contributed by atoms with Crippen molar-refractivity contribution in [3.8, 4) is 0 Å². The zero-order valence-corrected chi connectivity index (χ0v) is 15.9. The van der Waals surface area contributed by atoms with Crippen LogP contribution in [0.1, 0.15) is 32.9 Å². The van der Waals surface area contributed by atoms with Crippen molar-refractivity contribution in [1.82, 2.24) is 0 Å². The van der Waals surface area contributed by atoms with Crippen LogP contribution in [0.3, 0.4) is 0 Å². The molecule has 0 aliphatic carbocycles. The standard InChI is InChI=1S/C30H24N2/c1-5-14-25(15-6-1)31(26-16-7-2-8-17-26)29-22-13-23-30(24-29)32(27-18-9-3-10-19-27)28-20-11-4-12-21-28/h1-24H/i1D,2D,3D,4D,5D,6D,7D,8D,9D,10D,11D,12D,13D,14D,15D,16D,17D,18D,19D,20D,21D,22D,23D,24D. The van der Waals surface area contributed by atoms with Crippen molar-refractivity contribution in [2.45, 2.75) is 0 Å². The maximum absolute atomic E-state index is 9.53.